The Balaban J connectivity index is 1.92. The zero-order chi connectivity index (χ0) is 51.3. The van der Waals surface area contributed by atoms with Gasteiger partial charge in [0.25, 0.3) is 0 Å². The molecule has 3 aromatic rings. The van der Waals surface area contributed by atoms with Crippen molar-refractivity contribution in [3.63, 3.8) is 0 Å². The van der Waals surface area contributed by atoms with Crippen molar-refractivity contribution in [1.29, 1.82) is 0 Å². The van der Waals surface area contributed by atoms with Crippen LogP contribution in [0.3, 0.4) is 0 Å². The normalized spacial score (nSPS) is 10.7. The second-order valence-electron chi connectivity index (χ2n) is 16.2. The summed E-state index contributed by atoms with van der Waals surface area (Å²) in [4.78, 5) is 128. The standard InChI is InChI=1S/C47H66N12O10S/c1-54(30-39(60)14-8-23-70)41(62)31-56(20-15-46(67)68)43(64)35-59(29-38-13-7-17-51-26-38)44(65)32-55(19-9-18-53-47(48)49)42(63)34-58(28-36-10-4-3-5-11-36)45(66)33-57(21-22-69-2)40(61)27-52-25-37-12-6-16-50-24-37/h3-7,10-13,16-17,24,26,52,70H,8-9,14-15,18-23,25,27-35H2,1-2H3,(H,67,68)(H4,48,49,53). The minimum Gasteiger partial charge on any atom is -0.481 e. The van der Waals surface area contributed by atoms with Gasteiger partial charge in [0.2, 0.25) is 35.4 Å². The SMILES string of the molecule is COCCN(CC(=O)N(CC(=O)N(CCCN=C(N)N)CC(=O)N(CC(=O)N(CCC(=O)O)CC(=O)N(C)CC(=O)CCCS)Cc1cccnc1)Cc1ccccc1)C(=O)CNCc1cccnc1. The molecule has 0 unspecified atom stereocenters. The van der Waals surface area contributed by atoms with E-state index in [1.807, 2.05) is 6.07 Å². The summed E-state index contributed by atoms with van der Waals surface area (Å²) < 4.78 is 5.24. The zero-order valence-electron chi connectivity index (χ0n) is 39.9. The Morgan fingerprint density at radius 2 is 1.17 bits per heavy atom. The minimum absolute atomic E-state index is 0.0295. The van der Waals surface area contributed by atoms with Gasteiger partial charge in [0.1, 0.15) is 13.1 Å². The number of methoxy groups -OCH3 is 1. The number of aliphatic carboxylic acids is 1. The lowest BCUT2D eigenvalue weighted by molar-refractivity contribution is -0.148. The molecule has 1 aromatic carbocycles. The van der Waals surface area contributed by atoms with Crippen molar-refractivity contribution >= 4 is 65.8 Å². The molecule has 23 heteroatoms. The number of Topliss-reactive ketones (excluding diaryl/α,β-unsaturated/α-hetero) is 1. The molecule has 0 saturated heterocycles. The van der Waals surface area contributed by atoms with E-state index in [2.05, 4.69) is 32.9 Å². The average molecular weight is 991 g/mol. The van der Waals surface area contributed by atoms with Crippen molar-refractivity contribution in [3.05, 3.63) is 96.1 Å². The number of amides is 6. The Bertz CT molecular complexity index is 2170. The number of nitrogens with one attached hydrogen (secondary N) is 1. The van der Waals surface area contributed by atoms with E-state index in [0.717, 1.165) is 20.3 Å². The van der Waals surface area contributed by atoms with Crippen LogP contribution in [0.5, 0.6) is 0 Å². The summed E-state index contributed by atoms with van der Waals surface area (Å²) in [5.41, 5.74) is 13.2. The zero-order valence-corrected chi connectivity index (χ0v) is 40.8. The highest BCUT2D eigenvalue weighted by Gasteiger charge is 2.30. The highest BCUT2D eigenvalue weighted by Crippen LogP contribution is 2.11. The number of ether oxygens (including phenoxy) is 1. The molecule has 0 aliphatic heterocycles. The maximum absolute atomic E-state index is 14.5. The molecular formula is C47H66N12O10S. The quantitative estimate of drug-likeness (QED) is 0.0225. The highest BCUT2D eigenvalue weighted by molar-refractivity contribution is 7.80. The number of hydrogen-bond donors (Lipinski definition) is 5. The summed E-state index contributed by atoms with van der Waals surface area (Å²) in [5.74, 6) is -4.86. The number of carboxylic acids is 1. The van der Waals surface area contributed by atoms with E-state index in [1.54, 1.807) is 60.9 Å². The van der Waals surface area contributed by atoms with Crippen molar-refractivity contribution in [1.82, 2.24) is 44.7 Å². The molecule has 0 radical (unpaired) electrons. The van der Waals surface area contributed by atoms with Crippen LogP contribution in [0.2, 0.25) is 0 Å². The van der Waals surface area contributed by atoms with Crippen LogP contribution >= 0.6 is 12.6 Å². The first-order chi connectivity index (χ1) is 33.6. The molecule has 0 atom stereocenters. The molecule has 0 bridgehead atoms. The summed E-state index contributed by atoms with van der Waals surface area (Å²) in [6, 6.07) is 15.8. The van der Waals surface area contributed by atoms with Gasteiger partial charge in [-0.15, -0.1) is 0 Å². The molecule has 2 heterocycles. The first kappa shape index (κ1) is 57.3. The Morgan fingerprint density at radius 3 is 1.73 bits per heavy atom. The van der Waals surface area contributed by atoms with E-state index in [0.29, 0.717) is 29.8 Å². The fourth-order valence-electron chi connectivity index (χ4n) is 6.73. The van der Waals surface area contributed by atoms with Crippen molar-refractivity contribution in [2.24, 2.45) is 16.5 Å². The molecule has 3 rings (SSSR count). The van der Waals surface area contributed by atoms with E-state index in [9.17, 15) is 43.5 Å². The number of carboxylic acid groups (broad SMARTS) is 1. The summed E-state index contributed by atoms with van der Waals surface area (Å²) in [7, 11) is 2.87. The van der Waals surface area contributed by atoms with Gasteiger partial charge < -0.3 is 56.0 Å². The molecule has 6 amide bonds. The predicted molar refractivity (Wildman–Crippen MR) is 262 cm³/mol. The molecule has 0 fully saturated rings. The molecule has 22 nitrogen and oxygen atoms in total. The number of ketones is 1. The Labute approximate surface area is 413 Å². The Kier molecular flexibility index (Phi) is 26.2. The minimum atomic E-state index is -1.23. The maximum Gasteiger partial charge on any atom is 0.305 e. The van der Waals surface area contributed by atoms with E-state index in [4.69, 9.17) is 16.2 Å². The number of guanidine groups is 1. The molecule has 0 spiro atoms. The molecular weight excluding hydrogens is 925 g/mol. The third-order valence-electron chi connectivity index (χ3n) is 10.5. The topological polar surface area (TPSA) is 288 Å². The Morgan fingerprint density at radius 1 is 0.643 bits per heavy atom. The number of nitrogens with zero attached hydrogens (tertiary/aromatic N) is 9. The number of carbonyl (C=O) groups is 8. The Hall–Kier alpha value is -6.98. The van der Waals surface area contributed by atoms with E-state index >= 15 is 0 Å². The fraction of sp³-hybridized carbons (Fsp3) is 0.468. The number of hydrogen-bond acceptors (Lipinski definition) is 14. The van der Waals surface area contributed by atoms with Gasteiger partial charge in [-0.1, -0.05) is 42.5 Å². The van der Waals surface area contributed by atoms with Gasteiger partial charge in [-0.05, 0) is 47.4 Å². The molecule has 6 N–H and O–H groups in total. The van der Waals surface area contributed by atoms with E-state index < -0.39 is 74.6 Å². The van der Waals surface area contributed by atoms with Crippen LogP contribution in [-0.4, -0.2) is 196 Å². The lowest BCUT2D eigenvalue weighted by Crippen LogP contribution is -2.52. The second kappa shape index (κ2) is 31.9. The van der Waals surface area contributed by atoms with Crippen molar-refractivity contribution in [2.75, 3.05) is 98.5 Å². The number of pyridine rings is 2. The molecule has 0 saturated carbocycles. The van der Waals surface area contributed by atoms with Gasteiger partial charge in [0.05, 0.1) is 45.8 Å². The lowest BCUT2D eigenvalue weighted by atomic mass is 10.2. The maximum atomic E-state index is 14.5. The van der Waals surface area contributed by atoms with Crippen LogP contribution in [0.1, 0.15) is 42.4 Å². The number of rotatable bonds is 33. The van der Waals surface area contributed by atoms with Crippen LogP contribution in [0.4, 0.5) is 0 Å². The molecule has 0 aliphatic rings. The largest absolute Gasteiger partial charge is 0.481 e. The number of aliphatic imine (C=N–C) groups is 1. The average Bonchev–Trinajstić information content (AvgIpc) is 3.34. The summed E-state index contributed by atoms with van der Waals surface area (Å²) in [6.07, 6.45) is 6.70. The molecule has 0 aliphatic carbocycles. The van der Waals surface area contributed by atoms with Gasteiger partial charge in [-0.2, -0.15) is 12.6 Å². The third kappa shape index (κ3) is 22.4. The number of nitrogens with two attached hydrogens (primary N) is 2. The summed E-state index contributed by atoms with van der Waals surface area (Å²) in [5, 5.41) is 12.6. The van der Waals surface area contributed by atoms with Gasteiger partial charge in [0.15, 0.2) is 11.7 Å². The van der Waals surface area contributed by atoms with Crippen LogP contribution in [0.15, 0.2) is 84.4 Å². The van der Waals surface area contributed by atoms with Crippen LogP contribution in [0.25, 0.3) is 0 Å². The number of thiol groups is 1. The molecule has 70 heavy (non-hydrogen) atoms. The van der Waals surface area contributed by atoms with E-state index in [-0.39, 0.29) is 89.5 Å². The van der Waals surface area contributed by atoms with Crippen molar-refractivity contribution < 1.29 is 48.2 Å². The van der Waals surface area contributed by atoms with Crippen molar-refractivity contribution in [2.45, 2.75) is 45.3 Å². The van der Waals surface area contributed by atoms with Gasteiger partial charge in [-0.25, -0.2) is 0 Å². The number of aromatic nitrogens is 2. The highest BCUT2D eigenvalue weighted by atomic mass is 32.1. The van der Waals surface area contributed by atoms with Gasteiger partial charge >= 0.3 is 5.97 Å². The number of carbonyl (C=O) groups excluding carboxylic acids is 7. The summed E-state index contributed by atoms with van der Waals surface area (Å²) in [6.45, 7) is -3.05. The van der Waals surface area contributed by atoms with Crippen molar-refractivity contribution in [3.8, 4) is 0 Å². The number of likely N-dealkylation sites (N-methyl/N-ethyl adjacent to an activating group) is 1. The van der Waals surface area contributed by atoms with Crippen LogP contribution in [-0.2, 0) is 62.7 Å². The molecule has 380 valence electrons. The van der Waals surface area contributed by atoms with Crippen LogP contribution in [0, 0.1) is 0 Å². The van der Waals surface area contributed by atoms with E-state index in [1.165, 1.54) is 41.3 Å². The first-order valence-electron chi connectivity index (χ1n) is 22.6. The van der Waals surface area contributed by atoms with Gasteiger partial charge in [0, 0.05) is 91.2 Å². The fourth-order valence-corrected chi connectivity index (χ4v) is 6.89. The molecule has 2 aromatic heterocycles. The third-order valence-corrected chi connectivity index (χ3v) is 10.8. The monoisotopic (exact) mass is 990 g/mol. The predicted octanol–water partition coefficient (Wildman–Crippen LogP) is -0.368. The smallest absolute Gasteiger partial charge is 0.305 e. The lowest BCUT2D eigenvalue weighted by Gasteiger charge is -2.32. The van der Waals surface area contributed by atoms with Crippen LogP contribution < -0.4 is 16.8 Å². The van der Waals surface area contributed by atoms with Gasteiger partial charge in [-0.3, -0.25) is 53.3 Å². The summed E-state index contributed by atoms with van der Waals surface area (Å²) >= 11 is 4.12. The first-order valence-corrected chi connectivity index (χ1v) is 23.3. The second-order valence-corrected chi connectivity index (χ2v) is 16.6. The number of benzene rings is 1.